The molecule has 0 aromatic carbocycles. The number of halogens is 3. The van der Waals surface area contributed by atoms with Crippen LogP contribution in [0.25, 0.3) is 0 Å². The van der Waals surface area contributed by atoms with Crippen molar-refractivity contribution in [2.45, 2.75) is 30.9 Å². The van der Waals surface area contributed by atoms with E-state index in [4.69, 9.17) is 9.15 Å². The standard InChI is InChI=1S/C18H23F3N4O3S/c1-4-25(5-2)15-10-14(18(19,20)21)23-17(24-15)29-11-12-6-7-13(28-12)16(26)22-8-9-27-3/h6-7,10H,4-5,8-9,11H2,1-3H3,(H,22,26). The van der Waals surface area contributed by atoms with Crippen molar-refractivity contribution in [3.05, 3.63) is 35.4 Å². The Morgan fingerprint density at radius 1 is 1.28 bits per heavy atom. The van der Waals surface area contributed by atoms with E-state index < -0.39 is 17.8 Å². The minimum Gasteiger partial charge on any atom is -0.455 e. The average molecular weight is 432 g/mol. The first kappa shape index (κ1) is 23.0. The van der Waals surface area contributed by atoms with Crippen molar-refractivity contribution in [3.63, 3.8) is 0 Å². The molecule has 0 atom stereocenters. The zero-order chi connectivity index (χ0) is 21.4. The fraction of sp³-hybridized carbons (Fsp3) is 0.500. The predicted molar refractivity (Wildman–Crippen MR) is 103 cm³/mol. The summed E-state index contributed by atoms with van der Waals surface area (Å²) in [5, 5.41) is 2.61. The minimum absolute atomic E-state index is 0.00998. The molecule has 2 heterocycles. The lowest BCUT2D eigenvalue weighted by molar-refractivity contribution is -0.141. The molecule has 2 rings (SSSR count). The van der Waals surface area contributed by atoms with Crippen LogP contribution in [0, 0.1) is 0 Å². The van der Waals surface area contributed by atoms with Crippen LogP contribution in [0.2, 0.25) is 0 Å². The summed E-state index contributed by atoms with van der Waals surface area (Å²) in [5.74, 6) is 0.558. The van der Waals surface area contributed by atoms with Crippen LogP contribution < -0.4 is 10.2 Å². The summed E-state index contributed by atoms with van der Waals surface area (Å²) in [6, 6.07) is 4.05. The van der Waals surface area contributed by atoms with Crippen molar-refractivity contribution in [3.8, 4) is 0 Å². The number of furan rings is 1. The quantitative estimate of drug-likeness (QED) is 0.349. The molecule has 2 aromatic rings. The molecule has 2 aromatic heterocycles. The number of nitrogens with one attached hydrogen (secondary N) is 1. The van der Waals surface area contributed by atoms with E-state index in [0.717, 1.165) is 17.8 Å². The molecule has 0 aliphatic carbocycles. The van der Waals surface area contributed by atoms with E-state index in [-0.39, 0.29) is 22.5 Å². The van der Waals surface area contributed by atoms with Gasteiger partial charge >= 0.3 is 6.18 Å². The molecule has 0 bridgehead atoms. The van der Waals surface area contributed by atoms with Gasteiger partial charge in [0.2, 0.25) is 0 Å². The molecule has 7 nitrogen and oxygen atoms in total. The van der Waals surface area contributed by atoms with Gasteiger partial charge in [-0.15, -0.1) is 0 Å². The molecular weight excluding hydrogens is 409 g/mol. The third kappa shape index (κ3) is 6.64. The molecule has 0 radical (unpaired) electrons. The number of carbonyl (C=O) groups excluding carboxylic acids is 1. The van der Waals surface area contributed by atoms with Crippen molar-refractivity contribution in [1.29, 1.82) is 0 Å². The Morgan fingerprint density at radius 3 is 2.62 bits per heavy atom. The number of nitrogens with zero attached hydrogens (tertiary/aromatic N) is 3. The van der Waals surface area contributed by atoms with Gasteiger partial charge in [0, 0.05) is 32.8 Å². The molecule has 0 fully saturated rings. The van der Waals surface area contributed by atoms with Gasteiger partial charge in [-0.05, 0) is 26.0 Å². The molecule has 0 aliphatic rings. The van der Waals surface area contributed by atoms with Crippen LogP contribution in [0.15, 0.2) is 27.8 Å². The number of alkyl halides is 3. The first-order valence-corrected chi connectivity index (χ1v) is 9.96. The molecule has 0 saturated heterocycles. The van der Waals surface area contributed by atoms with E-state index in [9.17, 15) is 18.0 Å². The first-order chi connectivity index (χ1) is 13.8. The van der Waals surface area contributed by atoms with Gasteiger partial charge in [0.05, 0.1) is 12.4 Å². The SMILES string of the molecule is CCN(CC)c1cc(C(F)(F)F)nc(SCc2ccc(C(=O)NCCOC)o2)n1. The highest BCUT2D eigenvalue weighted by Gasteiger charge is 2.34. The smallest absolute Gasteiger partial charge is 0.433 e. The molecule has 160 valence electrons. The molecule has 29 heavy (non-hydrogen) atoms. The highest BCUT2D eigenvalue weighted by Crippen LogP contribution is 2.32. The van der Waals surface area contributed by atoms with Crippen LogP contribution in [-0.4, -0.2) is 49.2 Å². The highest BCUT2D eigenvalue weighted by atomic mass is 32.2. The second-order valence-electron chi connectivity index (χ2n) is 5.87. The lowest BCUT2D eigenvalue weighted by Crippen LogP contribution is -2.26. The van der Waals surface area contributed by atoms with Crippen LogP contribution >= 0.6 is 11.8 Å². The Bertz CT molecular complexity index is 810. The number of anilines is 1. The average Bonchev–Trinajstić information content (AvgIpc) is 3.16. The molecule has 1 amide bonds. The second kappa shape index (κ2) is 10.5. The Morgan fingerprint density at radius 2 is 2.00 bits per heavy atom. The lowest BCUT2D eigenvalue weighted by atomic mass is 10.3. The van der Waals surface area contributed by atoms with Crippen LogP contribution in [0.5, 0.6) is 0 Å². The Labute approximate surface area is 171 Å². The van der Waals surface area contributed by atoms with Crippen LogP contribution in [0.1, 0.15) is 35.9 Å². The van der Waals surface area contributed by atoms with E-state index in [1.807, 2.05) is 13.8 Å². The summed E-state index contributed by atoms with van der Waals surface area (Å²) in [5.41, 5.74) is -0.991. The van der Waals surface area contributed by atoms with Crippen molar-refractivity contribution in [1.82, 2.24) is 15.3 Å². The Balaban J connectivity index is 2.12. The van der Waals surface area contributed by atoms with E-state index in [0.29, 0.717) is 32.0 Å². The third-order valence-electron chi connectivity index (χ3n) is 3.89. The number of hydrogen-bond donors (Lipinski definition) is 1. The van der Waals surface area contributed by atoms with E-state index in [1.165, 1.54) is 13.2 Å². The molecule has 0 saturated carbocycles. The van der Waals surface area contributed by atoms with Crippen LogP contribution in [-0.2, 0) is 16.7 Å². The van der Waals surface area contributed by atoms with E-state index >= 15 is 0 Å². The van der Waals surface area contributed by atoms with Gasteiger partial charge in [-0.2, -0.15) is 13.2 Å². The maximum Gasteiger partial charge on any atom is 0.433 e. The molecule has 0 spiro atoms. The minimum atomic E-state index is -4.57. The molecular formula is C18H23F3N4O3S. The largest absolute Gasteiger partial charge is 0.455 e. The number of aromatic nitrogens is 2. The summed E-state index contributed by atoms with van der Waals surface area (Å²) in [4.78, 5) is 21.5. The number of thioether (sulfide) groups is 1. The number of ether oxygens (including phenoxy) is 1. The number of carbonyl (C=O) groups is 1. The van der Waals surface area contributed by atoms with Gasteiger partial charge in [0.15, 0.2) is 16.6 Å². The predicted octanol–water partition coefficient (Wildman–Crippen LogP) is 3.60. The third-order valence-corrected chi connectivity index (χ3v) is 4.76. The molecule has 0 aliphatic heterocycles. The van der Waals surface area contributed by atoms with Crippen LogP contribution in [0.4, 0.5) is 19.0 Å². The lowest BCUT2D eigenvalue weighted by Gasteiger charge is -2.21. The van der Waals surface area contributed by atoms with Crippen LogP contribution in [0.3, 0.4) is 0 Å². The van der Waals surface area contributed by atoms with Gasteiger partial charge in [-0.1, -0.05) is 11.8 Å². The van der Waals surface area contributed by atoms with Crippen molar-refractivity contribution in [2.24, 2.45) is 0 Å². The maximum atomic E-state index is 13.2. The number of hydrogen-bond acceptors (Lipinski definition) is 7. The van der Waals surface area contributed by atoms with Crippen molar-refractivity contribution < 1.29 is 27.1 Å². The fourth-order valence-electron chi connectivity index (χ4n) is 2.40. The van der Waals surface area contributed by atoms with Gasteiger partial charge in [0.25, 0.3) is 5.91 Å². The van der Waals surface area contributed by atoms with E-state index in [1.54, 1.807) is 11.0 Å². The monoisotopic (exact) mass is 432 g/mol. The van der Waals surface area contributed by atoms with Crippen molar-refractivity contribution >= 4 is 23.5 Å². The molecule has 11 heteroatoms. The van der Waals surface area contributed by atoms with Crippen molar-refractivity contribution in [2.75, 3.05) is 38.3 Å². The normalized spacial score (nSPS) is 11.5. The van der Waals surface area contributed by atoms with Gasteiger partial charge in [-0.25, -0.2) is 9.97 Å². The highest BCUT2D eigenvalue weighted by molar-refractivity contribution is 7.98. The summed E-state index contributed by atoms with van der Waals surface area (Å²) in [6.45, 7) is 5.44. The number of rotatable bonds is 10. The number of methoxy groups -OCH3 is 1. The zero-order valence-corrected chi connectivity index (χ0v) is 17.2. The Kier molecular flexibility index (Phi) is 8.32. The summed E-state index contributed by atoms with van der Waals surface area (Å²) >= 11 is 1.01. The zero-order valence-electron chi connectivity index (χ0n) is 16.4. The van der Waals surface area contributed by atoms with E-state index in [2.05, 4.69) is 15.3 Å². The number of amides is 1. The fourth-order valence-corrected chi connectivity index (χ4v) is 3.15. The molecule has 0 unspecified atom stereocenters. The summed E-state index contributed by atoms with van der Waals surface area (Å²) in [7, 11) is 1.52. The Hall–Kier alpha value is -2.27. The summed E-state index contributed by atoms with van der Waals surface area (Å²) < 4.78 is 49.9. The second-order valence-corrected chi connectivity index (χ2v) is 6.81. The molecule has 1 N–H and O–H groups in total. The maximum absolute atomic E-state index is 13.2. The van der Waals surface area contributed by atoms with Gasteiger partial charge in [0.1, 0.15) is 11.6 Å². The topological polar surface area (TPSA) is 80.5 Å². The van der Waals surface area contributed by atoms with Gasteiger partial charge < -0.3 is 19.4 Å². The first-order valence-electron chi connectivity index (χ1n) is 8.98. The summed E-state index contributed by atoms with van der Waals surface area (Å²) in [6.07, 6.45) is -4.57. The van der Waals surface area contributed by atoms with Gasteiger partial charge in [-0.3, -0.25) is 4.79 Å².